The van der Waals surface area contributed by atoms with Gasteiger partial charge in [0.1, 0.15) is 17.8 Å². The standard InChI is InChI=1S/C13H16N6O/c1-18-9-16-17-12(18)10-3-2-6-19(8-10)13(20)11-7-14-4-5-15-11/h4-5,7,9-10H,2-3,6,8H2,1H3/t10-/m0/s1. The quantitative estimate of drug-likeness (QED) is 0.801. The van der Waals surface area contributed by atoms with Gasteiger partial charge in [0.05, 0.1) is 6.20 Å². The molecule has 1 aliphatic heterocycles. The summed E-state index contributed by atoms with van der Waals surface area (Å²) in [5, 5.41) is 8.07. The number of amides is 1. The Kier molecular flexibility index (Phi) is 3.41. The minimum Gasteiger partial charge on any atom is -0.337 e. The number of likely N-dealkylation sites (tertiary alicyclic amines) is 1. The fourth-order valence-corrected chi connectivity index (χ4v) is 2.61. The Balaban J connectivity index is 1.76. The molecule has 1 saturated heterocycles. The molecule has 1 aliphatic rings. The van der Waals surface area contributed by atoms with Crippen LogP contribution >= 0.6 is 0 Å². The van der Waals surface area contributed by atoms with Gasteiger partial charge in [0.25, 0.3) is 5.91 Å². The van der Waals surface area contributed by atoms with E-state index in [0.717, 1.165) is 25.2 Å². The summed E-state index contributed by atoms with van der Waals surface area (Å²) >= 11 is 0. The maximum absolute atomic E-state index is 12.4. The lowest BCUT2D eigenvalue weighted by Crippen LogP contribution is -2.40. The number of aryl methyl sites for hydroxylation is 1. The molecule has 1 amide bonds. The first-order valence-corrected chi connectivity index (χ1v) is 6.65. The molecule has 0 bridgehead atoms. The number of rotatable bonds is 2. The van der Waals surface area contributed by atoms with Crippen molar-refractivity contribution < 1.29 is 4.79 Å². The Labute approximate surface area is 116 Å². The Morgan fingerprint density at radius 3 is 3.00 bits per heavy atom. The molecule has 0 spiro atoms. The summed E-state index contributed by atoms with van der Waals surface area (Å²) in [5.74, 6) is 1.10. The first-order valence-electron chi connectivity index (χ1n) is 6.65. The van der Waals surface area contributed by atoms with Crippen LogP contribution in [0.3, 0.4) is 0 Å². The lowest BCUT2D eigenvalue weighted by molar-refractivity contribution is 0.0697. The lowest BCUT2D eigenvalue weighted by Gasteiger charge is -2.31. The van der Waals surface area contributed by atoms with Gasteiger partial charge in [0, 0.05) is 38.4 Å². The van der Waals surface area contributed by atoms with Gasteiger partial charge in [-0.25, -0.2) is 4.98 Å². The normalized spacial score (nSPS) is 19.1. The fraction of sp³-hybridized carbons (Fsp3) is 0.462. The van der Waals surface area contributed by atoms with Crippen LogP contribution in [0, 0.1) is 0 Å². The topological polar surface area (TPSA) is 76.8 Å². The van der Waals surface area contributed by atoms with Gasteiger partial charge in [-0.2, -0.15) is 0 Å². The molecule has 2 aromatic rings. The fourth-order valence-electron chi connectivity index (χ4n) is 2.61. The van der Waals surface area contributed by atoms with Crippen molar-refractivity contribution in [1.82, 2.24) is 29.6 Å². The molecule has 0 saturated carbocycles. The molecule has 2 aromatic heterocycles. The zero-order valence-electron chi connectivity index (χ0n) is 11.3. The number of hydrogen-bond donors (Lipinski definition) is 0. The van der Waals surface area contributed by atoms with Gasteiger partial charge in [0.15, 0.2) is 0 Å². The number of piperidine rings is 1. The number of aromatic nitrogens is 5. The van der Waals surface area contributed by atoms with E-state index in [1.54, 1.807) is 12.5 Å². The average molecular weight is 272 g/mol. The van der Waals surface area contributed by atoms with Crippen LogP contribution in [0.4, 0.5) is 0 Å². The minimum atomic E-state index is -0.0648. The van der Waals surface area contributed by atoms with Crippen molar-refractivity contribution in [1.29, 1.82) is 0 Å². The van der Waals surface area contributed by atoms with E-state index in [0.29, 0.717) is 12.2 Å². The van der Waals surface area contributed by atoms with E-state index in [4.69, 9.17) is 0 Å². The van der Waals surface area contributed by atoms with Gasteiger partial charge >= 0.3 is 0 Å². The van der Waals surface area contributed by atoms with E-state index in [-0.39, 0.29) is 11.8 Å². The van der Waals surface area contributed by atoms with Crippen molar-refractivity contribution >= 4 is 5.91 Å². The van der Waals surface area contributed by atoms with Gasteiger partial charge in [-0.15, -0.1) is 10.2 Å². The minimum absolute atomic E-state index is 0.0648. The van der Waals surface area contributed by atoms with Crippen molar-refractivity contribution in [2.75, 3.05) is 13.1 Å². The molecule has 0 N–H and O–H groups in total. The highest BCUT2D eigenvalue weighted by Gasteiger charge is 2.28. The number of carbonyl (C=O) groups excluding carboxylic acids is 1. The van der Waals surface area contributed by atoms with Gasteiger partial charge in [0.2, 0.25) is 0 Å². The molecule has 1 atom stereocenters. The van der Waals surface area contributed by atoms with Crippen LogP contribution in [0.15, 0.2) is 24.9 Å². The largest absolute Gasteiger partial charge is 0.337 e. The van der Waals surface area contributed by atoms with Crippen molar-refractivity contribution in [2.45, 2.75) is 18.8 Å². The van der Waals surface area contributed by atoms with Crippen molar-refractivity contribution in [2.24, 2.45) is 7.05 Å². The van der Waals surface area contributed by atoms with Crippen molar-refractivity contribution in [3.05, 3.63) is 36.4 Å². The highest BCUT2D eigenvalue weighted by molar-refractivity contribution is 5.92. The second kappa shape index (κ2) is 5.36. The summed E-state index contributed by atoms with van der Waals surface area (Å²) in [6.45, 7) is 1.41. The molecular formula is C13H16N6O. The SMILES string of the molecule is Cn1cnnc1[C@H]1CCCN(C(=O)c2cnccn2)C1. The summed E-state index contributed by atoms with van der Waals surface area (Å²) in [6.07, 6.45) is 8.29. The number of nitrogens with zero attached hydrogens (tertiary/aromatic N) is 6. The van der Waals surface area contributed by atoms with E-state index in [1.165, 1.54) is 12.4 Å². The van der Waals surface area contributed by atoms with Crippen LogP contribution in [0.5, 0.6) is 0 Å². The molecule has 0 unspecified atom stereocenters. The smallest absolute Gasteiger partial charge is 0.274 e. The molecule has 3 heterocycles. The summed E-state index contributed by atoms with van der Waals surface area (Å²) < 4.78 is 1.92. The Morgan fingerprint density at radius 1 is 1.40 bits per heavy atom. The van der Waals surface area contributed by atoms with Crippen LogP contribution in [-0.4, -0.2) is 48.6 Å². The zero-order chi connectivity index (χ0) is 13.9. The monoisotopic (exact) mass is 272 g/mol. The molecule has 0 aliphatic carbocycles. The van der Waals surface area contributed by atoms with Crippen LogP contribution in [0.25, 0.3) is 0 Å². The van der Waals surface area contributed by atoms with Gasteiger partial charge < -0.3 is 9.47 Å². The van der Waals surface area contributed by atoms with E-state index < -0.39 is 0 Å². The predicted octanol–water partition coefficient (Wildman–Crippen LogP) is 0.625. The van der Waals surface area contributed by atoms with Crippen LogP contribution in [0.1, 0.15) is 35.1 Å². The van der Waals surface area contributed by atoms with E-state index >= 15 is 0 Å². The highest BCUT2D eigenvalue weighted by atomic mass is 16.2. The third kappa shape index (κ3) is 2.38. The Morgan fingerprint density at radius 2 is 2.30 bits per heavy atom. The average Bonchev–Trinajstić information content (AvgIpc) is 2.94. The molecule has 0 aromatic carbocycles. The van der Waals surface area contributed by atoms with E-state index in [1.807, 2.05) is 16.5 Å². The summed E-state index contributed by atoms with van der Waals surface area (Å²) in [6, 6.07) is 0. The Bertz CT molecular complexity index is 596. The molecular weight excluding hydrogens is 256 g/mol. The van der Waals surface area contributed by atoms with Crippen molar-refractivity contribution in [3.63, 3.8) is 0 Å². The van der Waals surface area contributed by atoms with Gasteiger partial charge in [-0.05, 0) is 12.8 Å². The Hall–Kier alpha value is -2.31. The molecule has 7 heteroatoms. The molecule has 20 heavy (non-hydrogen) atoms. The third-order valence-electron chi connectivity index (χ3n) is 3.60. The molecule has 3 rings (SSSR count). The maximum Gasteiger partial charge on any atom is 0.274 e. The first kappa shape index (κ1) is 12.7. The van der Waals surface area contributed by atoms with E-state index in [9.17, 15) is 4.79 Å². The summed E-state index contributed by atoms with van der Waals surface area (Å²) in [7, 11) is 1.93. The van der Waals surface area contributed by atoms with Crippen LogP contribution in [-0.2, 0) is 7.05 Å². The lowest BCUT2D eigenvalue weighted by atomic mass is 9.97. The molecule has 104 valence electrons. The van der Waals surface area contributed by atoms with Crippen molar-refractivity contribution in [3.8, 4) is 0 Å². The second-order valence-electron chi connectivity index (χ2n) is 4.98. The summed E-state index contributed by atoms with van der Waals surface area (Å²) in [5.41, 5.74) is 0.395. The number of carbonyl (C=O) groups is 1. The van der Waals surface area contributed by atoms with Crippen LogP contribution in [0.2, 0.25) is 0 Å². The maximum atomic E-state index is 12.4. The van der Waals surface area contributed by atoms with Crippen LogP contribution < -0.4 is 0 Å². The van der Waals surface area contributed by atoms with Gasteiger partial charge in [-0.3, -0.25) is 9.78 Å². The number of hydrogen-bond acceptors (Lipinski definition) is 5. The summed E-state index contributed by atoms with van der Waals surface area (Å²) in [4.78, 5) is 22.2. The third-order valence-corrected chi connectivity index (χ3v) is 3.60. The van der Waals surface area contributed by atoms with Gasteiger partial charge in [-0.1, -0.05) is 0 Å². The molecule has 7 nitrogen and oxygen atoms in total. The predicted molar refractivity (Wildman–Crippen MR) is 70.9 cm³/mol. The second-order valence-corrected chi connectivity index (χ2v) is 4.98. The molecule has 0 radical (unpaired) electrons. The zero-order valence-corrected chi connectivity index (χ0v) is 11.3. The molecule has 1 fully saturated rings. The highest BCUT2D eigenvalue weighted by Crippen LogP contribution is 2.25. The van der Waals surface area contributed by atoms with E-state index in [2.05, 4.69) is 20.2 Å². The first-order chi connectivity index (χ1) is 9.75.